The van der Waals surface area contributed by atoms with Crippen LogP contribution in [0.1, 0.15) is 38.1 Å². The lowest BCUT2D eigenvalue weighted by Gasteiger charge is -2.35. The molecule has 0 N–H and O–H groups in total. The Labute approximate surface area is 130 Å². The predicted molar refractivity (Wildman–Crippen MR) is 78.9 cm³/mol. The summed E-state index contributed by atoms with van der Waals surface area (Å²) in [7, 11) is -1.92. The van der Waals surface area contributed by atoms with Crippen molar-refractivity contribution in [2.24, 2.45) is 0 Å². The van der Waals surface area contributed by atoms with Crippen LogP contribution in [-0.4, -0.2) is 26.1 Å². The first-order chi connectivity index (χ1) is 9.82. The maximum atomic E-state index is 12.0. The molecule has 4 nitrogen and oxygen atoms in total. The SMILES string of the molecule is Cc1nc(COCC(F)(F)F)oc1CO[Si](C)(C)C(C)(C)C. The summed E-state index contributed by atoms with van der Waals surface area (Å²) < 4.78 is 52.0. The number of nitrogens with zero attached hydrogens (tertiary/aromatic N) is 1. The normalized spacial score (nSPS) is 13.7. The molecule has 0 fully saturated rings. The summed E-state index contributed by atoms with van der Waals surface area (Å²) >= 11 is 0. The molecule has 1 aromatic heterocycles. The summed E-state index contributed by atoms with van der Waals surface area (Å²) in [6.07, 6.45) is -4.35. The van der Waals surface area contributed by atoms with Gasteiger partial charge >= 0.3 is 6.18 Å². The van der Waals surface area contributed by atoms with Gasteiger partial charge in [0.15, 0.2) is 14.1 Å². The average molecular weight is 339 g/mol. The number of halogens is 3. The Morgan fingerprint density at radius 2 is 1.73 bits per heavy atom. The summed E-state index contributed by atoms with van der Waals surface area (Å²) in [5.74, 6) is 0.672. The topological polar surface area (TPSA) is 44.5 Å². The molecule has 1 aromatic rings. The quantitative estimate of drug-likeness (QED) is 0.711. The molecule has 0 aromatic carbocycles. The van der Waals surface area contributed by atoms with Crippen LogP contribution in [0.2, 0.25) is 18.1 Å². The third kappa shape index (κ3) is 5.73. The number of oxazole rings is 1. The highest BCUT2D eigenvalue weighted by atomic mass is 28.4. The van der Waals surface area contributed by atoms with Crippen LogP contribution < -0.4 is 0 Å². The number of aromatic nitrogens is 1. The van der Waals surface area contributed by atoms with E-state index in [2.05, 4.69) is 43.6 Å². The van der Waals surface area contributed by atoms with Gasteiger partial charge < -0.3 is 13.6 Å². The molecule has 1 rings (SSSR count). The smallest absolute Gasteiger partial charge is 0.411 e. The number of hydrogen-bond acceptors (Lipinski definition) is 4. The van der Waals surface area contributed by atoms with Crippen molar-refractivity contribution >= 4 is 8.32 Å². The second-order valence-electron chi connectivity index (χ2n) is 6.77. The number of rotatable bonds is 6. The maximum absolute atomic E-state index is 12.0. The van der Waals surface area contributed by atoms with Crippen molar-refractivity contribution in [1.82, 2.24) is 4.98 Å². The Morgan fingerprint density at radius 3 is 2.23 bits per heavy atom. The van der Waals surface area contributed by atoms with Crippen LogP contribution in [0.15, 0.2) is 4.42 Å². The molecule has 0 spiro atoms. The summed E-state index contributed by atoms with van der Waals surface area (Å²) in [5.41, 5.74) is 0.615. The minimum Gasteiger partial charge on any atom is -0.440 e. The van der Waals surface area contributed by atoms with Gasteiger partial charge in [-0.25, -0.2) is 4.98 Å². The molecule has 1 heterocycles. The van der Waals surface area contributed by atoms with Crippen LogP contribution in [0.3, 0.4) is 0 Å². The van der Waals surface area contributed by atoms with Crippen molar-refractivity contribution in [3.05, 3.63) is 17.3 Å². The van der Waals surface area contributed by atoms with Crippen LogP contribution in [0, 0.1) is 6.92 Å². The van der Waals surface area contributed by atoms with Crippen molar-refractivity contribution in [2.45, 2.75) is 65.2 Å². The number of hydrogen-bond donors (Lipinski definition) is 0. The van der Waals surface area contributed by atoms with Gasteiger partial charge in [-0.2, -0.15) is 13.2 Å². The van der Waals surface area contributed by atoms with Gasteiger partial charge in [-0.05, 0) is 25.1 Å². The van der Waals surface area contributed by atoms with Crippen molar-refractivity contribution < 1.29 is 26.8 Å². The molecule has 0 atom stereocenters. The molecule has 0 aliphatic rings. The summed E-state index contributed by atoms with van der Waals surface area (Å²) in [6.45, 7) is 11.0. The Morgan fingerprint density at radius 1 is 1.14 bits per heavy atom. The van der Waals surface area contributed by atoms with Gasteiger partial charge in [0.2, 0.25) is 5.89 Å². The Bertz CT molecular complexity index is 493. The second-order valence-corrected chi connectivity index (χ2v) is 11.6. The summed E-state index contributed by atoms with van der Waals surface area (Å²) in [4.78, 5) is 4.07. The molecule has 128 valence electrons. The Kier molecular flexibility index (Phi) is 5.86. The number of alkyl halides is 3. The number of ether oxygens (including phenoxy) is 1. The lowest BCUT2D eigenvalue weighted by molar-refractivity contribution is -0.177. The van der Waals surface area contributed by atoms with Gasteiger partial charge in [0.1, 0.15) is 13.2 Å². The standard InChI is InChI=1S/C14H24F3NO3Si/c1-10-11(7-20-22(5,6)13(2,3)4)21-12(18-10)8-19-9-14(15,16)17/h7-9H2,1-6H3. The highest BCUT2D eigenvalue weighted by Gasteiger charge is 2.37. The first-order valence-electron chi connectivity index (χ1n) is 7.05. The molecule has 0 saturated carbocycles. The molecule has 0 unspecified atom stereocenters. The Hall–Kier alpha value is -0.863. The minimum atomic E-state index is -4.35. The van der Waals surface area contributed by atoms with E-state index in [1.807, 2.05) is 0 Å². The second kappa shape index (κ2) is 6.72. The number of aryl methyl sites for hydroxylation is 1. The highest BCUT2D eigenvalue weighted by Crippen LogP contribution is 2.37. The molecule has 0 aliphatic heterocycles. The van der Waals surface area contributed by atoms with Crippen LogP contribution in [0.5, 0.6) is 0 Å². The van der Waals surface area contributed by atoms with E-state index in [0.29, 0.717) is 11.5 Å². The van der Waals surface area contributed by atoms with Gasteiger partial charge in [-0.1, -0.05) is 20.8 Å². The monoisotopic (exact) mass is 339 g/mol. The zero-order valence-electron chi connectivity index (χ0n) is 13.9. The van der Waals surface area contributed by atoms with Gasteiger partial charge in [0.25, 0.3) is 0 Å². The maximum Gasteiger partial charge on any atom is 0.411 e. The fourth-order valence-electron chi connectivity index (χ4n) is 1.40. The van der Waals surface area contributed by atoms with E-state index >= 15 is 0 Å². The van der Waals surface area contributed by atoms with Gasteiger partial charge in [0, 0.05) is 0 Å². The van der Waals surface area contributed by atoms with Gasteiger partial charge in [-0.15, -0.1) is 0 Å². The van der Waals surface area contributed by atoms with Crippen LogP contribution in [0.4, 0.5) is 13.2 Å². The molecular formula is C14H24F3NO3Si. The van der Waals surface area contributed by atoms with Crippen LogP contribution in [0.25, 0.3) is 0 Å². The molecule has 0 amide bonds. The average Bonchev–Trinajstić information content (AvgIpc) is 2.64. The third-order valence-corrected chi connectivity index (χ3v) is 8.28. The van der Waals surface area contributed by atoms with E-state index in [1.165, 1.54) is 0 Å². The fourth-order valence-corrected chi connectivity index (χ4v) is 2.33. The van der Waals surface area contributed by atoms with Crippen molar-refractivity contribution in [3.63, 3.8) is 0 Å². The molecule has 8 heteroatoms. The molecule has 0 saturated heterocycles. The molecular weight excluding hydrogens is 315 g/mol. The summed E-state index contributed by atoms with van der Waals surface area (Å²) in [5, 5.41) is 0.0690. The predicted octanol–water partition coefficient (Wildman–Crippen LogP) is 4.58. The lowest BCUT2D eigenvalue weighted by Crippen LogP contribution is -2.40. The largest absolute Gasteiger partial charge is 0.440 e. The van der Waals surface area contributed by atoms with E-state index < -0.39 is 21.1 Å². The lowest BCUT2D eigenvalue weighted by atomic mass is 10.2. The fraction of sp³-hybridized carbons (Fsp3) is 0.786. The minimum absolute atomic E-state index is 0.0690. The molecule has 22 heavy (non-hydrogen) atoms. The summed E-state index contributed by atoms with van der Waals surface area (Å²) in [6, 6.07) is 0. The first kappa shape index (κ1) is 19.2. The van der Waals surface area contributed by atoms with E-state index in [1.54, 1.807) is 6.92 Å². The van der Waals surface area contributed by atoms with E-state index in [0.717, 1.165) is 0 Å². The Balaban J connectivity index is 2.60. The van der Waals surface area contributed by atoms with E-state index in [9.17, 15) is 13.2 Å². The molecule has 0 radical (unpaired) electrons. The van der Waals surface area contributed by atoms with Gasteiger partial charge in [0.05, 0.1) is 12.3 Å². The van der Waals surface area contributed by atoms with Crippen molar-refractivity contribution in [3.8, 4) is 0 Å². The van der Waals surface area contributed by atoms with Crippen molar-refractivity contribution in [1.29, 1.82) is 0 Å². The molecule has 0 aliphatic carbocycles. The van der Waals surface area contributed by atoms with Crippen LogP contribution >= 0.6 is 0 Å². The van der Waals surface area contributed by atoms with Crippen LogP contribution in [-0.2, 0) is 22.4 Å². The van der Waals surface area contributed by atoms with E-state index in [-0.39, 0.29) is 24.1 Å². The molecule has 0 bridgehead atoms. The third-order valence-electron chi connectivity index (χ3n) is 3.80. The first-order valence-corrected chi connectivity index (χ1v) is 9.96. The highest BCUT2D eigenvalue weighted by molar-refractivity contribution is 6.74. The zero-order chi connectivity index (χ0) is 17.2. The zero-order valence-corrected chi connectivity index (χ0v) is 14.9. The van der Waals surface area contributed by atoms with Crippen molar-refractivity contribution in [2.75, 3.05) is 6.61 Å². The van der Waals surface area contributed by atoms with E-state index in [4.69, 9.17) is 8.84 Å². The van der Waals surface area contributed by atoms with Gasteiger partial charge in [-0.3, -0.25) is 0 Å².